The van der Waals surface area contributed by atoms with Gasteiger partial charge in [0.2, 0.25) is 0 Å². The molecule has 0 aromatic heterocycles. The molecule has 0 saturated carbocycles. The molecule has 0 bridgehead atoms. The van der Waals surface area contributed by atoms with Gasteiger partial charge in [0.25, 0.3) is 0 Å². The van der Waals surface area contributed by atoms with Crippen molar-refractivity contribution >= 4 is 16.1 Å². The van der Waals surface area contributed by atoms with Crippen molar-refractivity contribution in [2.45, 2.75) is 39.3 Å². The Morgan fingerprint density at radius 2 is 1.10 bits per heavy atom. The van der Waals surface area contributed by atoms with Gasteiger partial charge in [-0.1, -0.05) is 0 Å². The molecule has 3 heteroatoms. The van der Waals surface area contributed by atoms with E-state index in [9.17, 15) is 0 Å². The van der Waals surface area contributed by atoms with Crippen LogP contribution in [-0.2, 0) is 22.9 Å². The van der Waals surface area contributed by atoms with E-state index in [1.807, 2.05) is 0 Å². The van der Waals surface area contributed by atoms with Gasteiger partial charge in [0.05, 0.1) is 0 Å². The molecule has 0 unspecified atom stereocenters. The third-order valence-corrected chi connectivity index (χ3v) is 10.7. The Balaban J connectivity index is 2.17. The quantitative estimate of drug-likeness (QED) is 0.464. The van der Waals surface area contributed by atoms with Crippen molar-refractivity contribution in [3.8, 4) is 0 Å². The van der Waals surface area contributed by atoms with Gasteiger partial charge >= 0.3 is 144 Å². The predicted molar refractivity (Wildman–Crippen MR) is 97.3 cm³/mol. The summed E-state index contributed by atoms with van der Waals surface area (Å²) in [4.78, 5) is 0. The van der Waals surface area contributed by atoms with Gasteiger partial charge < -0.3 is 0 Å². The molecule has 0 aromatic carbocycles. The summed E-state index contributed by atoms with van der Waals surface area (Å²) < 4.78 is 3.35. The van der Waals surface area contributed by atoms with Gasteiger partial charge in [0, 0.05) is 0 Å². The van der Waals surface area contributed by atoms with E-state index in [4.69, 9.17) is 0 Å². The molecule has 0 atom stereocenters. The van der Waals surface area contributed by atoms with Crippen LogP contribution in [-0.4, -0.2) is 16.1 Å². The Bertz CT molecular complexity index is 546. The summed E-state index contributed by atoms with van der Waals surface area (Å²) in [6.45, 7) is 14.5. The molecule has 0 saturated heterocycles. The van der Waals surface area contributed by atoms with Crippen molar-refractivity contribution in [1.29, 1.82) is 0 Å². The molecule has 0 fully saturated rings. The fourth-order valence-electron chi connectivity index (χ4n) is 2.43. The number of rotatable bonds is 4. The second kappa shape index (κ2) is 6.47. The molecule has 0 heterocycles. The van der Waals surface area contributed by atoms with Crippen LogP contribution in [0.3, 0.4) is 0 Å². The van der Waals surface area contributed by atoms with E-state index in [1.165, 1.54) is 11.1 Å². The van der Waals surface area contributed by atoms with Gasteiger partial charge in [-0.3, -0.25) is 0 Å². The SMILES string of the molecule is C[Si](C)(C)C=C1C=CC=[C]1[Hf][C]1=CC=CC1=C[Si](C)(C)C. The van der Waals surface area contributed by atoms with Crippen LogP contribution >= 0.6 is 0 Å². The van der Waals surface area contributed by atoms with Crippen LogP contribution in [0.2, 0.25) is 39.3 Å². The Labute approximate surface area is 143 Å². The zero-order valence-electron chi connectivity index (χ0n) is 14.1. The summed E-state index contributed by atoms with van der Waals surface area (Å²) in [6, 6.07) is 0. The van der Waals surface area contributed by atoms with Crippen molar-refractivity contribution < 1.29 is 22.9 Å². The first-order valence-corrected chi connectivity index (χ1v) is 18.4. The number of hydrogen-bond acceptors (Lipinski definition) is 0. The molecular formula is C18H26HfSi2. The fraction of sp³-hybridized carbons (Fsp3) is 0.333. The van der Waals surface area contributed by atoms with E-state index in [2.05, 4.69) is 87.1 Å². The molecular weight excluding hydrogens is 451 g/mol. The summed E-state index contributed by atoms with van der Waals surface area (Å²) in [5, 5.41) is 0. The second-order valence-electron chi connectivity index (χ2n) is 7.94. The number of hydrogen-bond donors (Lipinski definition) is 0. The monoisotopic (exact) mass is 478 g/mol. The van der Waals surface area contributed by atoms with Crippen molar-refractivity contribution in [2.75, 3.05) is 0 Å². The van der Waals surface area contributed by atoms with Gasteiger partial charge in [0.15, 0.2) is 0 Å². The molecule has 21 heavy (non-hydrogen) atoms. The Morgan fingerprint density at radius 3 is 1.43 bits per heavy atom. The third kappa shape index (κ3) is 5.46. The Kier molecular flexibility index (Phi) is 5.27. The molecule has 0 aliphatic heterocycles. The fourth-order valence-corrected chi connectivity index (χ4v) is 10.3. The minimum absolute atomic E-state index is 0.934. The van der Waals surface area contributed by atoms with E-state index in [0.717, 1.165) is 0 Å². The summed E-state index contributed by atoms with van der Waals surface area (Å²) in [7, 11) is -2.28. The molecule has 2 aliphatic carbocycles. The molecule has 0 amide bonds. The van der Waals surface area contributed by atoms with Crippen molar-refractivity contribution in [1.82, 2.24) is 0 Å². The topological polar surface area (TPSA) is 0 Å². The summed E-state index contributed by atoms with van der Waals surface area (Å²) >= 11 is -0.934. The average molecular weight is 477 g/mol. The first-order chi connectivity index (χ1) is 9.64. The van der Waals surface area contributed by atoms with E-state index in [0.29, 0.717) is 0 Å². The van der Waals surface area contributed by atoms with Crippen LogP contribution in [0, 0.1) is 0 Å². The summed E-state index contributed by atoms with van der Waals surface area (Å²) in [6.07, 6.45) is 13.9. The van der Waals surface area contributed by atoms with Gasteiger partial charge in [0.1, 0.15) is 0 Å². The van der Waals surface area contributed by atoms with Crippen LogP contribution < -0.4 is 0 Å². The summed E-state index contributed by atoms with van der Waals surface area (Å²) in [5.41, 5.74) is 8.22. The Hall–Kier alpha value is -0.256. The van der Waals surface area contributed by atoms with Crippen molar-refractivity contribution in [2.24, 2.45) is 0 Å². The van der Waals surface area contributed by atoms with Crippen molar-refractivity contribution in [3.63, 3.8) is 0 Å². The first-order valence-electron chi connectivity index (χ1n) is 7.64. The molecule has 2 aliphatic rings. The molecule has 0 radical (unpaired) electrons. The Morgan fingerprint density at radius 1 is 0.714 bits per heavy atom. The summed E-state index contributed by atoms with van der Waals surface area (Å²) in [5.74, 6) is 0. The molecule has 110 valence electrons. The zero-order chi connectivity index (χ0) is 15.7. The third-order valence-electron chi connectivity index (χ3n) is 3.15. The van der Waals surface area contributed by atoms with E-state index >= 15 is 0 Å². The normalized spacial score (nSPS) is 22.2. The van der Waals surface area contributed by atoms with Gasteiger partial charge in [-0.05, 0) is 0 Å². The molecule has 0 N–H and O–H groups in total. The van der Waals surface area contributed by atoms with Gasteiger partial charge in [-0.25, -0.2) is 0 Å². The average Bonchev–Trinajstić information content (AvgIpc) is 2.86. The van der Waals surface area contributed by atoms with Crippen molar-refractivity contribution in [3.05, 3.63) is 65.7 Å². The zero-order valence-corrected chi connectivity index (χ0v) is 19.7. The molecule has 0 spiro atoms. The van der Waals surface area contributed by atoms with Crippen LogP contribution in [0.15, 0.2) is 65.7 Å². The van der Waals surface area contributed by atoms with Gasteiger partial charge in [-0.15, -0.1) is 0 Å². The maximum absolute atomic E-state index is 2.57. The van der Waals surface area contributed by atoms with E-state index in [1.54, 1.807) is 6.66 Å². The maximum atomic E-state index is 2.57. The van der Waals surface area contributed by atoms with Crippen LogP contribution in [0.5, 0.6) is 0 Å². The van der Waals surface area contributed by atoms with Crippen LogP contribution in [0.4, 0.5) is 0 Å². The van der Waals surface area contributed by atoms with E-state index < -0.39 is 39.1 Å². The standard InChI is InChI=1S/2C9H13Si.Hf/c2*1-10(2,3)8-9-6-4-5-7-9;/h2*4-6,8H,1-3H3;. The number of allylic oxidation sites excluding steroid dienone is 10. The van der Waals surface area contributed by atoms with Crippen LogP contribution in [0.1, 0.15) is 0 Å². The minimum atomic E-state index is -1.14. The van der Waals surface area contributed by atoms with Crippen LogP contribution in [0.25, 0.3) is 0 Å². The molecule has 0 nitrogen and oxygen atoms in total. The second-order valence-corrected chi connectivity index (χ2v) is 22.7. The van der Waals surface area contributed by atoms with E-state index in [-0.39, 0.29) is 0 Å². The van der Waals surface area contributed by atoms with Gasteiger partial charge in [-0.2, -0.15) is 0 Å². The molecule has 0 aromatic rings. The molecule has 2 rings (SSSR count). The first kappa shape index (κ1) is 17.1. The predicted octanol–water partition coefficient (Wildman–Crippen LogP) is 5.58.